The van der Waals surface area contributed by atoms with E-state index in [9.17, 15) is 19.7 Å². The number of nitrogens with zero attached hydrogens (tertiary/aromatic N) is 2. The zero-order chi connectivity index (χ0) is 23.1. The monoisotopic (exact) mass is 504 g/mol. The van der Waals surface area contributed by atoms with Gasteiger partial charge in [0.05, 0.1) is 21.9 Å². The molecule has 4 aromatic rings. The SMILES string of the molecule is O=C1c2oc3ccc(Br)cc3c(=O)c2[C@H](c2cccc([N+](=O)[O-])c2)N1CCc1ccccc1. The fourth-order valence-corrected chi connectivity index (χ4v) is 4.63. The largest absolute Gasteiger partial charge is 0.450 e. The molecule has 0 spiro atoms. The van der Waals surface area contributed by atoms with Gasteiger partial charge in [0.15, 0.2) is 5.43 Å². The third-order valence-corrected chi connectivity index (χ3v) is 6.30. The van der Waals surface area contributed by atoms with Crippen molar-refractivity contribution in [2.75, 3.05) is 6.54 Å². The van der Waals surface area contributed by atoms with Crippen LogP contribution in [0, 0.1) is 10.1 Å². The number of nitro benzene ring substituents is 1. The van der Waals surface area contributed by atoms with Crippen LogP contribution in [-0.2, 0) is 6.42 Å². The number of rotatable bonds is 5. The summed E-state index contributed by atoms with van der Waals surface area (Å²) in [6, 6.07) is 20.0. The van der Waals surface area contributed by atoms with Gasteiger partial charge in [0.25, 0.3) is 11.6 Å². The minimum Gasteiger partial charge on any atom is -0.450 e. The number of non-ortho nitro benzene ring substituents is 1. The van der Waals surface area contributed by atoms with Crippen LogP contribution in [0.4, 0.5) is 5.69 Å². The first-order chi connectivity index (χ1) is 15.9. The van der Waals surface area contributed by atoms with E-state index < -0.39 is 16.9 Å². The molecular formula is C25H17BrN2O5. The van der Waals surface area contributed by atoms with Gasteiger partial charge in [0.2, 0.25) is 5.76 Å². The lowest BCUT2D eigenvalue weighted by molar-refractivity contribution is -0.384. The van der Waals surface area contributed by atoms with Crippen molar-refractivity contribution in [3.8, 4) is 0 Å². The van der Waals surface area contributed by atoms with Crippen molar-refractivity contribution in [2.45, 2.75) is 12.5 Å². The molecule has 33 heavy (non-hydrogen) atoms. The molecule has 0 fully saturated rings. The van der Waals surface area contributed by atoms with Crippen LogP contribution in [0.5, 0.6) is 0 Å². The first kappa shape index (κ1) is 21.1. The predicted molar refractivity (Wildman–Crippen MR) is 126 cm³/mol. The van der Waals surface area contributed by atoms with Crippen molar-refractivity contribution in [3.05, 3.63) is 120 Å². The number of nitro groups is 1. The molecule has 0 saturated carbocycles. The molecule has 7 nitrogen and oxygen atoms in total. The number of amides is 1. The Morgan fingerprint density at radius 1 is 1.00 bits per heavy atom. The third-order valence-electron chi connectivity index (χ3n) is 5.81. The maximum absolute atomic E-state index is 13.5. The molecule has 1 aliphatic rings. The van der Waals surface area contributed by atoms with Gasteiger partial charge in [-0.1, -0.05) is 58.4 Å². The zero-order valence-corrected chi connectivity index (χ0v) is 18.8. The minimum absolute atomic E-state index is 0.0145. The number of benzene rings is 3. The van der Waals surface area contributed by atoms with E-state index in [0.717, 1.165) is 5.56 Å². The van der Waals surface area contributed by atoms with E-state index in [1.54, 1.807) is 35.2 Å². The normalized spacial score (nSPS) is 15.1. The van der Waals surface area contributed by atoms with Gasteiger partial charge in [-0.15, -0.1) is 0 Å². The second kappa shape index (κ2) is 8.29. The minimum atomic E-state index is -0.782. The third kappa shape index (κ3) is 3.72. The summed E-state index contributed by atoms with van der Waals surface area (Å²) in [5.41, 5.74) is 1.62. The zero-order valence-electron chi connectivity index (χ0n) is 17.2. The predicted octanol–water partition coefficient (Wildman–Crippen LogP) is 5.25. The van der Waals surface area contributed by atoms with Gasteiger partial charge < -0.3 is 9.32 Å². The van der Waals surface area contributed by atoms with Gasteiger partial charge in [-0.2, -0.15) is 0 Å². The van der Waals surface area contributed by atoms with Crippen molar-refractivity contribution in [1.82, 2.24) is 4.90 Å². The molecule has 1 amide bonds. The van der Waals surface area contributed by atoms with Gasteiger partial charge in [0, 0.05) is 23.2 Å². The highest BCUT2D eigenvalue weighted by molar-refractivity contribution is 9.10. The number of carbonyl (C=O) groups excluding carboxylic acids is 1. The molecule has 1 atom stereocenters. The second-order valence-corrected chi connectivity index (χ2v) is 8.72. The molecule has 0 radical (unpaired) electrons. The smallest absolute Gasteiger partial charge is 0.290 e. The van der Waals surface area contributed by atoms with E-state index in [1.165, 1.54) is 12.1 Å². The Balaban J connectivity index is 1.68. The van der Waals surface area contributed by atoms with Gasteiger partial charge >= 0.3 is 0 Å². The molecule has 2 heterocycles. The van der Waals surface area contributed by atoms with E-state index >= 15 is 0 Å². The molecule has 0 unspecified atom stereocenters. The molecular weight excluding hydrogens is 488 g/mol. The summed E-state index contributed by atoms with van der Waals surface area (Å²) >= 11 is 3.37. The molecule has 0 bridgehead atoms. The topological polar surface area (TPSA) is 93.7 Å². The Labute approximate surface area is 196 Å². The lowest BCUT2D eigenvalue weighted by atomic mass is 9.98. The Morgan fingerprint density at radius 2 is 1.79 bits per heavy atom. The highest BCUT2D eigenvalue weighted by Crippen LogP contribution is 2.39. The average molecular weight is 505 g/mol. The summed E-state index contributed by atoms with van der Waals surface area (Å²) in [5, 5.41) is 11.7. The summed E-state index contributed by atoms with van der Waals surface area (Å²) < 4.78 is 6.63. The number of halogens is 1. The maximum Gasteiger partial charge on any atom is 0.290 e. The summed E-state index contributed by atoms with van der Waals surface area (Å²) in [6.07, 6.45) is 0.561. The van der Waals surface area contributed by atoms with Crippen LogP contribution in [0.2, 0.25) is 0 Å². The van der Waals surface area contributed by atoms with Crippen LogP contribution in [-0.4, -0.2) is 22.3 Å². The Kier molecular flexibility index (Phi) is 5.30. The van der Waals surface area contributed by atoms with Crippen LogP contribution in [0.3, 0.4) is 0 Å². The summed E-state index contributed by atoms with van der Waals surface area (Å²) in [6.45, 7) is 0.319. The standard InChI is InChI=1S/C25H17BrN2O5/c26-17-9-10-20-19(14-17)23(29)21-22(16-7-4-8-18(13-16)28(31)32)27(25(30)24(21)33-20)12-11-15-5-2-1-3-6-15/h1-10,13-14,22H,11-12H2/t22-/m0/s1. The van der Waals surface area contributed by atoms with E-state index in [1.807, 2.05) is 30.3 Å². The van der Waals surface area contributed by atoms with Crippen LogP contribution in [0.1, 0.15) is 33.3 Å². The molecule has 8 heteroatoms. The molecule has 164 valence electrons. The lowest BCUT2D eigenvalue weighted by Gasteiger charge is -2.25. The fourth-order valence-electron chi connectivity index (χ4n) is 4.27. The molecule has 0 aliphatic carbocycles. The highest BCUT2D eigenvalue weighted by Gasteiger charge is 2.42. The lowest BCUT2D eigenvalue weighted by Crippen LogP contribution is -2.31. The fraction of sp³-hybridized carbons (Fsp3) is 0.120. The van der Waals surface area contributed by atoms with Crippen molar-refractivity contribution >= 4 is 38.5 Å². The van der Waals surface area contributed by atoms with Gasteiger partial charge in [-0.25, -0.2) is 0 Å². The number of hydrogen-bond acceptors (Lipinski definition) is 5. The van der Waals surface area contributed by atoms with E-state index in [4.69, 9.17) is 4.42 Å². The second-order valence-electron chi connectivity index (χ2n) is 7.80. The first-order valence-electron chi connectivity index (χ1n) is 10.3. The molecule has 3 aromatic carbocycles. The summed E-state index contributed by atoms with van der Waals surface area (Å²) in [7, 11) is 0. The number of fused-ring (bicyclic) bond motifs is 2. The molecule has 5 rings (SSSR count). The first-order valence-corrected chi connectivity index (χ1v) is 11.1. The Hall–Kier alpha value is -3.78. The Bertz CT molecular complexity index is 1470. The van der Waals surface area contributed by atoms with Gasteiger partial charge in [-0.3, -0.25) is 19.7 Å². The van der Waals surface area contributed by atoms with Crippen molar-refractivity contribution in [1.29, 1.82) is 0 Å². The molecule has 0 saturated heterocycles. The quantitative estimate of drug-likeness (QED) is 0.273. The van der Waals surface area contributed by atoms with Crippen LogP contribution in [0.15, 0.2) is 86.5 Å². The van der Waals surface area contributed by atoms with Crippen molar-refractivity contribution in [3.63, 3.8) is 0 Å². The highest BCUT2D eigenvalue weighted by atomic mass is 79.9. The Morgan fingerprint density at radius 3 is 2.55 bits per heavy atom. The number of hydrogen-bond donors (Lipinski definition) is 0. The van der Waals surface area contributed by atoms with Crippen LogP contribution >= 0.6 is 15.9 Å². The average Bonchev–Trinajstić information content (AvgIpc) is 3.11. The van der Waals surface area contributed by atoms with E-state index in [-0.39, 0.29) is 22.4 Å². The summed E-state index contributed by atoms with van der Waals surface area (Å²) in [4.78, 5) is 39.4. The number of carbonyl (C=O) groups is 1. The molecule has 1 aromatic heterocycles. The molecule has 0 N–H and O–H groups in total. The van der Waals surface area contributed by atoms with Crippen LogP contribution < -0.4 is 5.43 Å². The van der Waals surface area contributed by atoms with Crippen LogP contribution in [0.25, 0.3) is 11.0 Å². The summed E-state index contributed by atoms with van der Waals surface area (Å²) in [5.74, 6) is -0.418. The van der Waals surface area contributed by atoms with Gasteiger partial charge in [0.1, 0.15) is 5.58 Å². The molecule has 1 aliphatic heterocycles. The van der Waals surface area contributed by atoms with E-state index in [2.05, 4.69) is 15.9 Å². The van der Waals surface area contributed by atoms with Crippen molar-refractivity contribution < 1.29 is 14.1 Å². The van der Waals surface area contributed by atoms with E-state index in [0.29, 0.717) is 34.0 Å². The maximum atomic E-state index is 13.5. The van der Waals surface area contributed by atoms with Gasteiger partial charge in [-0.05, 0) is 35.7 Å². The van der Waals surface area contributed by atoms with Crippen molar-refractivity contribution in [2.24, 2.45) is 0 Å².